The molecule has 0 aromatic heterocycles. The number of nitrogens with one attached hydrogen (secondary N) is 2. The Balaban J connectivity index is 2.61. The molecule has 0 bridgehead atoms. The highest BCUT2D eigenvalue weighted by Gasteiger charge is 2.19. The van der Waals surface area contributed by atoms with E-state index >= 15 is 0 Å². The lowest BCUT2D eigenvalue weighted by atomic mass is 10.2. The molecule has 23 heavy (non-hydrogen) atoms. The van der Waals surface area contributed by atoms with Gasteiger partial charge < -0.3 is 15.8 Å². The number of nitrogens with zero attached hydrogens (tertiary/aromatic N) is 1. The van der Waals surface area contributed by atoms with Crippen LogP contribution in [0.1, 0.15) is 26.3 Å². The number of hydrogen-bond donors (Lipinski definition) is 3. The highest BCUT2D eigenvalue weighted by atomic mass is 32.2. The number of nitrogen functional groups attached to an aromatic ring is 1. The van der Waals surface area contributed by atoms with Gasteiger partial charge in [-0.3, -0.25) is 0 Å². The van der Waals surface area contributed by atoms with E-state index in [1.165, 1.54) is 18.2 Å². The number of nitriles is 1. The number of benzene rings is 1. The molecule has 0 fully saturated rings. The number of sulfonamides is 1. The van der Waals surface area contributed by atoms with Crippen LogP contribution in [0.25, 0.3) is 0 Å². The third-order valence-electron chi connectivity index (χ3n) is 2.50. The summed E-state index contributed by atoms with van der Waals surface area (Å²) in [5, 5.41) is 11.4. The minimum atomic E-state index is -3.87. The van der Waals surface area contributed by atoms with Gasteiger partial charge in [0.1, 0.15) is 11.7 Å². The summed E-state index contributed by atoms with van der Waals surface area (Å²) >= 11 is 0. The highest BCUT2D eigenvalue weighted by Crippen LogP contribution is 2.17. The van der Waals surface area contributed by atoms with E-state index < -0.39 is 21.7 Å². The molecule has 126 valence electrons. The Hall–Kier alpha value is -2.31. The first-order valence-corrected chi connectivity index (χ1v) is 8.29. The standard InChI is InChI=1S/C14H20N4O4S/c1-14(2,3)22-13(19)17-6-7-18-23(20,21)12-5-4-11(16)8-10(12)9-15/h4-5,8,18H,6-7,16H2,1-3H3,(H,17,19). The van der Waals surface area contributed by atoms with Crippen LogP contribution in [0.15, 0.2) is 23.1 Å². The predicted molar refractivity (Wildman–Crippen MR) is 85.0 cm³/mol. The van der Waals surface area contributed by atoms with Crippen LogP contribution in [-0.2, 0) is 14.8 Å². The van der Waals surface area contributed by atoms with Crippen LogP contribution in [0.3, 0.4) is 0 Å². The van der Waals surface area contributed by atoms with Crippen molar-refractivity contribution in [1.29, 1.82) is 5.26 Å². The highest BCUT2D eigenvalue weighted by molar-refractivity contribution is 7.89. The minimum absolute atomic E-state index is 0.0439. The molecule has 1 rings (SSSR count). The molecular formula is C14H20N4O4S. The van der Waals surface area contributed by atoms with Crippen molar-refractivity contribution in [3.63, 3.8) is 0 Å². The maximum absolute atomic E-state index is 12.1. The van der Waals surface area contributed by atoms with E-state index in [4.69, 9.17) is 15.7 Å². The summed E-state index contributed by atoms with van der Waals surface area (Å²) in [5.74, 6) is 0. The van der Waals surface area contributed by atoms with Crippen LogP contribution in [-0.4, -0.2) is 33.2 Å². The minimum Gasteiger partial charge on any atom is -0.444 e. The van der Waals surface area contributed by atoms with E-state index in [2.05, 4.69) is 10.0 Å². The molecule has 0 saturated heterocycles. The van der Waals surface area contributed by atoms with Crippen molar-refractivity contribution in [2.45, 2.75) is 31.3 Å². The molecule has 0 saturated carbocycles. The van der Waals surface area contributed by atoms with E-state index in [-0.39, 0.29) is 23.5 Å². The largest absolute Gasteiger partial charge is 0.444 e. The fourth-order valence-corrected chi connectivity index (χ4v) is 2.78. The molecule has 0 atom stereocenters. The van der Waals surface area contributed by atoms with Crippen molar-refractivity contribution < 1.29 is 17.9 Å². The Kier molecular flexibility index (Phi) is 5.95. The van der Waals surface area contributed by atoms with Gasteiger partial charge in [-0.05, 0) is 39.0 Å². The zero-order valence-corrected chi connectivity index (χ0v) is 14.0. The van der Waals surface area contributed by atoms with Crippen molar-refractivity contribution in [3.8, 4) is 6.07 Å². The maximum atomic E-state index is 12.1. The number of amides is 1. The van der Waals surface area contributed by atoms with Crippen molar-refractivity contribution in [2.24, 2.45) is 0 Å². The number of ether oxygens (including phenoxy) is 1. The number of alkyl carbamates (subject to hydrolysis) is 1. The molecule has 0 spiro atoms. The van der Waals surface area contributed by atoms with Crippen molar-refractivity contribution in [1.82, 2.24) is 10.0 Å². The Bertz CT molecular complexity index is 717. The first kappa shape index (κ1) is 18.7. The molecular weight excluding hydrogens is 320 g/mol. The van der Waals surface area contributed by atoms with Crippen LogP contribution in [0.5, 0.6) is 0 Å². The van der Waals surface area contributed by atoms with E-state index in [0.29, 0.717) is 5.69 Å². The van der Waals surface area contributed by atoms with Crippen LogP contribution >= 0.6 is 0 Å². The molecule has 0 heterocycles. The second-order valence-corrected chi connectivity index (χ2v) is 7.43. The summed E-state index contributed by atoms with van der Waals surface area (Å²) in [7, 11) is -3.87. The van der Waals surface area contributed by atoms with Crippen molar-refractivity contribution in [3.05, 3.63) is 23.8 Å². The third-order valence-corrected chi connectivity index (χ3v) is 4.02. The average molecular weight is 340 g/mol. The first-order chi connectivity index (χ1) is 10.5. The Morgan fingerprint density at radius 1 is 1.35 bits per heavy atom. The lowest BCUT2D eigenvalue weighted by Crippen LogP contribution is -2.38. The smallest absolute Gasteiger partial charge is 0.407 e. The number of carbonyl (C=O) groups is 1. The molecule has 4 N–H and O–H groups in total. The number of anilines is 1. The van der Waals surface area contributed by atoms with Crippen LogP contribution < -0.4 is 15.8 Å². The molecule has 9 heteroatoms. The van der Waals surface area contributed by atoms with Gasteiger partial charge in [0.2, 0.25) is 10.0 Å². The zero-order chi connectivity index (χ0) is 17.7. The normalized spacial score (nSPS) is 11.6. The summed E-state index contributed by atoms with van der Waals surface area (Å²) in [6.45, 7) is 5.17. The monoisotopic (exact) mass is 340 g/mol. The fourth-order valence-electron chi connectivity index (χ4n) is 1.61. The Morgan fingerprint density at radius 3 is 2.57 bits per heavy atom. The van der Waals surface area contributed by atoms with Gasteiger partial charge in [0, 0.05) is 18.8 Å². The number of hydrogen-bond acceptors (Lipinski definition) is 6. The van der Waals surface area contributed by atoms with Gasteiger partial charge in [0.15, 0.2) is 0 Å². The van der Waals surface area contributed by atoms with Crippen molar-refractivity contribution >= 4 is 21.8 Å². The third kappa shape index (κ3) is 6.14. The summed E-state index contributed by atoms with van der Waals surface area (Å²) in [4.78, 5) is 11.3. The molecule has 1 amide bonds. The van der Waals surface area contributed by atoms with Gasteiger partial charge in [-0.2, -0.15) is 5.26 Å². The average Bonchev–Trinajstić information content (AvgIpc) is 2.41. The van der Waals surface area contributed by atoms with Gasteiger partial charge in [0.05, 0.1) is 10.5 Å². The van der Waals surface area contributed by atoms with Gasteiger partial charge in [-0.25, -0.2) is 17.9 Å². The molecule has 0 unspecified atom stereocenters. The van der Waals surface area contributed by atoms with Gasteiger partial charge in [-0.15, -0.1) is 0 Å². The summed E-state index contributed by atoms with van der Waals surface area (Å²) in [6.07, 6.45) is -0.637. The number of rotatable bonds is 5. The lowest BCUT2D eigenvalue weighted by molar-refractivity contribution is 0.0529. The molecule has 0 aliphatic heterocycles. The number of nitrogens with two attached hydrogens (primary N) is 1. The quantitative estimate of drug-likeness (QED) is 0.539. The Morgan fingerprint density at radius 2 is 2.00 bits per heavy atom. The molecule has 0 radical (unpaired) electrons. The summed E-state index contributed by atoms with van der Waals surface area (Å²) in [6, 6.07) is 5.73. The predicted octanol–water partition coefficient (Wildman–Crippen LogP) is 0.943. The molecule has 1 aromatic carbocycles. The molecule has 1 aromatic rings. The number of carbonyl (C=O) groups excluding carboxylic acids is 1. The second-order valence-electron chi connectivity index (χ2n) is 5.69. The first-order valence-electron chi connectivity index (χ1n) is 6.81. The van der Waals surface area contributed by atoms with Gasteiger partial charge in [0.25, 0.3) is 0 Å². The topological polar surface area (TPSA) is 134 Å². The maximum Gasteiger partial charge on any atom is 0.407 e. The lowest BCUT2D eigenvalue weighted by Gasteiger charge is -2.19. The summed E-state index contributed by atoms with van der Waals surface area (Å²) in [5.41, 5.74) is 5.15. The van der Waals surface area contributed by atoms with Crippen molar-refractivity contribution in [2.75, 3.05) is 18.8 Å². The fraction of sp³-hybridized carbons (Fsp3) is 0.429. The van der Waals surface area contributed by atoms with Crippen LogP contribution in [0.2, 0.25) is 0 Å². The van der Waals surface area contributed by atoms with E-state index in [1.54, 1.807) is 26.8 Å². The van der Waals surface area contributed by atoms with Crippen LogP contribution in [0, 0.1) is 11.3 Å². The zero-order valence-electron chi connectivity index (χ0n) is 13.2. The summed E-state index contributed by atoms with van der Waals surface area (Å²) < 4.78 is 31.6. The van der Waals surface area contributed by atoms with E-state index in [9.17, 15) is 13.2 Å². The van der Waals surface area contributed by atoms with Gasteiger partial charge >= 0.3 is 6.09 Å². The molecule has 0 aliphatic carbocycles. The SMILES string of the molecule is CC(C)(C)OC(=O)NCCNS(=O)(=O)c1ccc(N)cc1C#N. The molecule has 0 aliphatic rings. The molecule has 8 nitrogen and oxygen atoms in total. The van der Waals surface area contributed by atoms with E-state index in [0.717, 1.165) is 0 Å². The van der Waals surface area contributed by atoms with E-state index in [1.807, 2.05) is 0 Å². The second kappa shape index (κ2) is 7.30. The van der Waals surface area contributed by atoms with Gasteiger partial charge in [-0.1, -0.05) is 0 Å². The Labute approximate surface area is 135 Å². The van der Waals surface area contributed by atoms with Crippen LogP contribution in [0.4, 0.5) is 10.5 Å².